The van der Waals surface area contributed by atoms with Crippen molar-refractivity contribution in [1.29, 1.82) is 0 Å². The van der Waals surface area contributed by atoms with Gasteiger partial charge in [0.05, 0.1) is 12.1 Å². The molecule has 0 spiro atoms. The quantitative estimate of drug-likeness (QED) is 0.120. The maximum absolute atomic E-state index is 13.3. The van der Waals surface area contributed by atoms with Crippen molar-refractivity contribution in [3.8, 4) is 0 Å². The maximum Gasteiger partial charge on any atom is 0.326 e. The number of carbonyl (C=O) groups is 4. The van der Waals surface area contributed by atoms with Crippen molar-refractivity contribution in [3.63, 3.8) is 0 Å². The van der Waals surface area contributed by atoms with Crippen LogP contribution in [-0.4, -0.2) is 87.7 Å². The molecule has 5 atom stereocenters. The number of carboxylic acids is 1. The lowest BCUT2D eigenvalue weighted by Crippen LogP contribution is -2.60. The highest BCUT2D eigenvalue weighted by Crippen LogP contribution is 2.19. The van der Waals surface area contributed by atoms with Crippen LogP contribution in [0.15, 0.2) is 30.5 Å². The van der Waals surface area contributed by atoms with Gasteiger partial charge in [0.2, 0.25) is 17.7 Å². The predicted molar refractivity (Wildman–Crippen MR) is 151 cm³/mol. The number of aliphatic carboxylic acids is 1. The Morgan fingerprint density at radius 3 is 2.33 bits per heavy atom. The molecule has 0 aliphatic rings. The Balaban J connectivity index is 2.27. The fourth-order valence-corrected chi connectivity index (χ4v) is 4.54. The van der Waals surface area contributed by atoms with Gasteiger partial charge in [-0.05, 0) is 62.8 Å². The van der Waals surface area contributed by atoms with E-state index < -0.39 is 54.0 Å². The van der Waals surface area contributed by atoms with Crippen LogP contribution in [-0.2, 0) is 25.6 Å². The Kier molecular flexibility index (Phi) is 13.2. The number of aliphatic hydroxyl groups is 1. The number of H-pyrrole nitrogens is 1. The van der Waals surface area contributed by atoms with E-state index in [1.807, 2.05) is 30.5 Å². The van der Waals surface area contributed by atoms with E-state index >= 15 is 0 Å². The number of carboxylic acid groups (broad SMARTS) is 1. The van der Waals surface area contributed by atoms with Crippen molar-refractivity contribution >= 4 is 46.4 Å². The van der Waals surface area contributed by atoms with Gasteiger partial charge in [-0.3, -0.25) is 14.4 Å². The molecule has 216 valence electrons. The molecule has 1 heterocycles. The third kappa shape index (κ3) is 9.84. The molecule has 0 saturated carbocycles. The van der Waals surface area contributed by atoms with Crippen LogP contribution in [0.5, 0.6) is 0 Å². The fourth-order valence-electron chi connectivity index (χ4n) is 4.06. The summed E-state index contributed by atoms with van der Waals surface area (Å²) >= 11 is 1.52. The van der Waals surface area contributed by atoms with Crippen LogP contribution in [0, 0.1) is 0 Å². The second kappa shape index (κ2) is 16.1. The van der Waals surface area contributed by atoms with Gasteiger partial charge in [0, 0.05) is 23.5 Å². The smallest absolute Gasteiger partial charge is 0.326 e. The number of aliphatic hydroxyl groups excluding tert-OH is 1. The minimum Gasteiger partial charge on any atom is -0.480 e. The van der Waals surface area contributed by atoms with Crippen molar-refractivity contribution in [2.45, 2.75) is 69.3 Å². The van der Waals surface area contributed by atoms with Gasteiger partial charge in [-0.1, -0.05) is 18.2 Å². The van der Waals surface area contributed by atoms with Crippen LogP contribution in [0.25, 0.3) is 10.9 Å². The number of rotatable bonds is 17. The molecule has 0 fully saturated rings. The van der Waals surface area contributed by atoms with Crippen LogP contribution in [0.2, 0.25) is 0 Å². The first-order valence-corrected chi connectivity index (χ1v) is 14.3. The van der Waals surface area contributed by atoms with Crippen LogP contribution in [0.3, 0.4) is 0 Å². The fraction of sp³-hybridized carbons (Fsp3) is 0.538. The van der Waals surface area contributed by atoms with E-state index in [0.717, 1.165) is 16.5 Å². The number of para-hydroxylation sites is 1. The average molecular weight is 565 g/mol. The number of nitrogens with one attached hydrogen (secondary N) is 4. The Bertz CT molecular complexity index is 1110. The molecular weight excluding hydrogens is 524 g/mol. The minimum atomic E-state index is -1.38. The van der Waals surface area contributed by atoms with Gasteiger partial charge in [-0.15, -0.1) is 0 Å². The van der Waals surface area contributed by atoms with Gasteiger partial charge in [-0.2, -0.15) is 11.8 Å². The Morgan fingerprint density at radius 2 is 1.69 bits per heavy atom. The molecule has 0 aliphatic heterocycles. The van der Waals surface area contributed by atoms with Gasteiger partial charge < -0.3 is 42.6 Å². The van der Waals surface area contributed by atoms with Crippen molar-refractivity contribution in [2.24, 2.45) is 11.5 Å². The van der Waals surface area contributed by atoms with E-state index in [0.29, 0.717) is 31.6 Å². The molecule has 0 radical (unpaired) electrons. The summed E-state index contributed by atoms with van der Waals surface area (Å²) in [6.45, 7) is 1.73. The molecule has 2 rings (SSSR count). The predicted octanol–water partition coefficient (Wildman–Crippen LogP) is -0.160. The van der Waals surface area contributed by atoms with Crippen LogP contribution < -0.4 is 27.4 Å². The second-order valence-corrected chi connectivity index (χ2v) is 10.4. The second-order valence-electron chi connectivity index (χ2n) is 9.42. The molecule has 0 saturated heterocycles. The van der Waals surface area contributed by atoms with Crippen molar-refractivity contribution in [1.82, 2.24) is 20.9 Å². The minimum absolute atomic E-state index is 0.0322. The highest BCUT2D eigenvalue weighted by atomic mass is 32.2. The van der Waals surface area contributed by atoms with E-state index in [-0.39, 0.29) is 12.8 Å². The normalized spacial score (nSPS) is 15.1. The van der Waals surface area contributed by atoms with E-state index in [2.05, 4.69) is 20.9 Å². The Labute approximate surface area is 232 Å². The number of thioether (sulfide) groups is 1. The zero-order chi connectivity index (χ0) is 28.9. The summed E-state index contributed by atoms with van der Waals surface area (Å²) in [5.41, 5.74) is 13.0. The number of aromatic nitrogens is 1. The van der Waals surface area contributed by atoms with Gasteiger partial charge in [0.25, 0.3) is 0 Å². The molecule has 1 aromatic heterocycles. The molecule has 0 bridgehead atoms. The largest absolute Gasteiger partial charge is 0.480 e. The van der Waals surface area contributed by atoms with Crippen molar-refractivity contribution in [2.75, 3.05) is 18.6 Å². The van der Waals surface area contributed by atoms with Gasteiger partial charge in [0.15, 0.2) is 0 Å². The molecule has 12 nitrogen and oxygen atoms in total. The van der Waals surface area contributed by atoms with E-state index in [1.165, 1.54) is 18.7 Å². The topological polar surface area (TPSA) is 213 Å². The number of benzene rings is 1. The maximum atomic E-state index is 13.3. The molecular formula is C26H40N6O6S. The number of hydrogen-bond acceptors (Lipinski definition) is 8. The standard InChI is InChI=1S/C26H40N6O6S/c1-15(33)22(32-23(34)18(28)10-12-39-2)25(36)31-21(13-16-14-29-19-8-4-3-7-17(16)19)24(35)30-20(26(37)38)9-5-6-11-27/h3-4,7-8,14-15,18,20-22,29,33H,5-6,9-13,27-28H2,1-2H3,(H,30,35)(H,31,36)(H,32,34)(H,37,38). The van der Waals surface area contributed by atoms with Crippen molar-refractivity contribution in [3.05, 3.63) is 36.0 Å². The molecule has 3 amide bonds. The summed E-state index contributed by atoms with van der Waals surface area (Å²) in [4.78, 5) is 54.0. The van der Waals surface area contributed by atoms with Crippen LogP contribution >= 0.6 is 11.8 Å². The summed E-state index contributed by atoms with van der Waals surface area (Å²) < 4.78 is 0. The highest BCUT2D eigenvalue weighted by Gasteiger charge is 2.32. The number of fused-ring (bicyclic) bond motifs is 1. The molecule has 5 unspecified atom stereocenters. The number of amides is 3. The first kappa shape index (κ1) is 32.1. The van der Waals surface area contributed by atoms with E-state index in [1.54, 1.807) is 6.20 Å². The summed E-state index contributed by atoms with van der Waals surface area (Å²) in [6.07, 6.45) is 3.99. The lowest BCUT2D eigenvalue weighted by Gasteiger charge is -2.26. The lowest BCUT2D eigenvalue weighted by atomic mass is 10.0. The summed E-state index contributed by atoms with van der Waals surface area (Å²) in [7, 11) is 0. The van der Waals surface area contributed by atoms with Gasteiger partial charge >= 0.3 is 5.97 Å². The number of hydrogen-bond donors (Lipinski definition) is 8. The van der Waals surface area contributed by atoms with E-state index in [4.69, 9.17) is 11.5 Å². The average Bonchev–Trinajstić information content (AvgIpc) is 3.31. The molecule has 10 N–H and O–H groups in total. The molecule has 13 heteroatoms. The highest BCUT2D eigenvalue weighted by molar-refractivity contribution is 7.98. The first-order chi connectivity index (χ1) is 18.6. The van der Waals surface area contributed by atoms with Gasteiger partial charge in [-0.25, -0.2) is 4.79 Å². The Hall–Kier alpha value is -3.13. The van der Waals surface area contributed by atoms with Crippen molar-refractivity contribution < 1.29 is 29.4 Å². The summed E-state index contributed by atoms with van der Waals surface area (Å²) in [6, 6.07) is 2.79. The third-order valence-electron chi connectivity index (χ3n) is 6.33. The first-order valence-electron chi connectivity index (χ1n) is 12.9. The molecule has 1 aromatic carbocycles. The molecule has 0 aliphatic carbocycles. The number of nitrogens with two attached hydrogens (primary N) is 2. The third-order valence-corrected chi connectivity index (χ3v) is 6.97. The molecule has 2 aromatic rings. The van der Waals surface area contributed by atoms with Crippen LogP contribution in [0.4, 0.5) is 0 Å². The summed E-state index contributed by atoms with van der Waals surface area (Å²) in [5, 5.41) is 28.3. The van der Waals surface area contributed by atoms with Gasteiger partial charge in [0.1, 0.15) is 18.1 Å². The monoisotopic (exact) mass is 564 g/mol. The number of aromatic amines is 1. The SMILES string of the molecule is CSCCC(N)C(=O)NC(C(=O)NC(Cc1c[nH]c2ccccc12)C(=O)NC(CCCCN)C(=O)O)C(C)O. The zero-order valence-electron chi connectivity index (χ0n) is 22.3. The molecule has 39 heavy (non-hydrogen) atoms. The van der Waals surface area contributed by atoms with E-state index in [9.17, 15) is 29.4 Å². The Morgan fingerprint density at radius 1 is 1.00 bits per heavy atom. The van der Waals surface area contributed by atoms with Crippen LogP contribution in [0.1, 0.15) is 38.2 Å². The summed E-state index contributed by atoms with van der Waals surface area (Å²) in [5.74, 6) is -2.67. The zero-order valence-corrected chi connectivity index (χ0v) is 23.1. The lowest BCUT2D eigenvalue weighted by molar-refractivity contribution is -0.142. The number of unbranched alkanes of at least 4 members (excludes halogenated alkanes) is 1. The number of carbonyl (C=O) groups excluding carboxylic acids is 3.